The minimum Gasteiger partial charge on any atom is -0.348 e. The van der Waals surface area contributed by atoms with Crippen molar-refractivity contribution in [2.24, 2.45) is 7.05 Å². The Morgan fingerprint density at radius 1 is 1.24 bits per heavy atom. The molecule has 0 atom stereocenters. The van der Waals surface area contributed by atoms with Gasteiger partial charge in [0.2, 0.25) is 5.91 Å². The van der Waals surface area contributed by atoms with Gasteiger partial charge in [-0.1, -0.05) is 12.1 Å². The summed E-state index contributed by atoms with van der Waals surface area (Å²) < 4.78 is 17.0. The maximum absolute atomic E-state index is 14.0. The molecule has 0 aliphatic carbocycles. The summed E-state index contributed by atoms with van der Waals surface area (Å²) >= 11 is 0. The largest absolute Gasteiger partial charge is 0.348 e. The number of benzene rings is 1. The number of pyridine rings is 2. The zero-order valence-corrected chi connectivity index (χ0v) is 20.6. The Bertz CT molecular complexity index is 1670. The Hall–Kier alpha value is -4.59. The van der Waals surface area contributed by atoms with Gasteiger partial charge in [-0.05, 0) is 37.6 Å². The van der Waals surface area contributed by atoms with Crippen molar-refractivity contribution in [3.63, 3.8) is 0 Å². The molecule has 11 heteroatoms. The number of aryl methyl sites for hydroxylation is 2. The lowest BCUT2D eigenvalue weighted by atomic mass is 9.99. The van der Waals surface area contributed by atoms with E-state index < -0.39 is 23.0 Å². The molecular weight excluding hydrogens is 477 g/mol. The van der Waals surface area contributed by atoms with Gasteiger partial charge in [-0.15, -0.1) is 0 Å². The second-order valence-electron chi connectivity index (χ2n) is 9.55. The molecule has 2 amide bonds. The number of amides is 2. The quantitative estimate of drug-likeness (QED) is 0.446. The molecule has 1 aliphatic heterocycles. The van der Waals surface area contributed by atoms with E-state index in [9.17, 15) is 18.8 Å². The second kappa shape index (κ2) is 8.81. The summed E-state index contributed by atoms with van der Waals surface area (Å²) in [5.41, 5.74) is 0.466. The lowest BCUT2D eigenvalue weighted by Crippen LogP contribution is -2.60. The molecule has 0 saturated carbocycles. The first-order valence-electron chi connectivity index (χ1n) is 11.7. The van der Waals surface area contributed by atoms with Gasteiger partial charge in [-0.3, -0.25) is 19.0 Å². The van der Waals surface area contributed by atoms with Crippen molar-refractivity contribution in [1.82, 2.24) is 29.3 Å². The molecule has 0 bridgehead atoms. The first-order chi connectivity index (χ1) is 17.6. The van der Waals surface area contributed by atoms with Crippen molar-refractivity contribution < 1.29 is 14.0 Å². The molecule has 1 saturated heterocycles. The fourth-order valence-corrected chi connectivity index (χ4v) is 4.58. The van der Waals surface area contributed by atoms with Gasteiger partial charge in [0.15, 0.2) is 0 Å². The number of imidazole rings is 1. The van der Waals surface area contributed by atoms with Crippen LogP contribution in [0.5, 0.6) is 0 Å². The van der Waals surface area contributed by atoms with Gasteiger partial charge in [0.25, 0.3) is 11.5 Å². The molecule has 1 N–H and O–H groups in total. The minimum atomic E-state index is -1.45. The number of nitriles is 1. The van der Waals surface area contributed by atoms with Crippen LogP contribution in [0.4, 0.5) is 4.39 Å². The zero-order chi connectivity index (χ0) is 26.5. The number of hydrogen-bond donors (Lipinski definition) is 1. The summed E-state index contributed by atoms with van der Waals surface area (Å²) in [7, 11) is 1.82. The van der Waals surface area contributed by atoms with E-state index in [-0.39, 0.29) is 37.4 Å². The summed E-state index contributed by atoms with van der Waals surface area (Å²) in [4.78, 5) is 49.8. The van der Waals surface area contributed by atoms with Crippen LogP contribution in [0.15, 0.2) is 41.3 Å². The van der Waals surface area contributed by atoms with Crippen molar-refractivity contribution >= 4 is 33.9 Å². The van der Waals surface area contributed by atoms with Crippen LogP contribution in [0.2, 0.25) is 0 Å². The Morgan fingerprint density at radius 2 is 1.95 bits per heavy atom. The van der Waals surface area contributed by atoms with Crippen LogP contribution >= 0.6 is 0 Å². The zero-order valence-electron chi connectivity index (χ0n) is 20.6. The van der Waals surface area contributed by atoms with E-state index in [2.05, 4.69) is 15.3 Å². The molecule has 1 aromatic carbocycles. The molecule has 0 spiro atoms. The van der Waals surface area contributed by atoms with Gasteiger partial charge < -0.3 is 14.8 Å². The standard InChI is InChI=1S/C26H24FN7O3/c1-15-31-20-11-29-23-18(22(20)32(15)3)8-19(24(36)30-10-17-6-4-16(9-28)5-7-17)25(37)34(23)12-21(35)33-13-26(2,27)14-33/h4-8,11H,10,12-14H2,1-3H3,(H,30,36). The first-order valence-corrected chi connectivity index (χ1v) is 11.7. The van der Waals surface area contributed by atoms with E-state index in [4.69, 9.17) is 5.26 Å². The fourth-order valence-electron chi connectivity index (χ4n) is 4.58. The summed E-state index contributed by atoms with van der Waals surface area (Å²) in [5.74, 6) is -0.335. The average Bonchev–Trinajstić information content (AvgIpc) is 3.16. The number of alkyl halides is 1. The number of hydrogen-bond acceptors (Lipinski definition) is 6. The number of nitrogens with zero attached hydrogens (tertiary/aromatic N) is 6. The first kappa shape index (κ1) is 24.1. The van der Waals surface area contributed by atoms with Crippen LogP contribution in [0, 0.1) is 18.3 Å². The van der Waals surface area contributed by atoms with Crippen LogP contribution in [0.3, 0.4) is 0 Å². The summed E-state index contributed by atoms with van der Waals surface area (Å²) in [6.45, 7) is 2.90. The molecule has 188 valence electrons. The molecule has 4 aromatic rings. The van der Waals surface area contributed by atoms with Crippen molar-refractivity contribution in [2.75, 3.05) is 13.1 Å². The molecule has 0 radical (unpaired) electrons. The third kappa shape index (κ3) is 4.31. The second-order valence-corrected chi connectivity index (χ2v) is 9.55. The molecule has 1 fully saturated rings. The number of aromatic nitrogens is 4. The molecule has 5 rings (SSSR count). The highest BCUT2D eigenvalue weighted by molar-refractivity contribution is 6.05. The van der Waals surface area contributed by atoms with Gasteiger partial charge in [0.1, 0.15) is 34.8 Å². The Kier molecular flexibility index (Phi) is 5.75. The highest BCUT2D eigenvalue weighted by atomic mass is 19.1. The number of rotatable bonds is 5. The van der Waals surface area contributed by atoms with E-state index in [1.165, 1.54) is 28.7 Å². The molecule has 4 heterocycles. The number of carbonyl (C=O) groups is 2. The maximum atomic E-state index is 14.0. The van der Waals surface area contributed by atoms with Crippen LogP contribution < -0.4 is 10.9 Å². The highest BCUT2D eigenvalue weighted by Crippen LogP contribution is 2.26. The third-order valence-electron chi connectivity index (χ3n) is 6.64. The SMILES string of the molecule is Cc1nc2cnc3c(cc(C(=O)NCc4ccc(C#N)cc4)c(=O)n3CC(=O)N3CC(C)(F)C3)c2n1C. The summed E-state index contributed by atoms with van der Waals surface area (Å²) in [5, 5.41) is 12.2. The van der Waals surface area contributed by atoms with E-state index in [1.807, 2.05) is 24.6 Å². The Balaban J connectivity index is 1.56. The van der Waals surface area contributed by atoms with Gasteiger partial charge in [-0.25, -0.2) is 14.4 Å². The number of carbonyl (C=O) groups excluding carboxylic acids is 2. The summed E-state index contributed by atoms with van der Waals surface area (Å²) in [6.07, 6.45) is 1.53. The van der Waals surface area contributed by atoms with Crippen molar-refractivity contribution in [3.05, 3.63) is 69.4 Å². The van der Waals surface area contributed by atoms with E-state index in [0.29, 0.717) is 27.8 Å². The highest BCUT2D eigenvalue weighted by Gasteiger charge is 2.41. The molecule has 37 heavy (non-hydrogen) atoms. The summed E-state index contributed by atoms with van der Waals surface area (Å²) in [6, 6.07) is 10.2. The smallest absolute Gasteiger partial charge is 0.265 e. The van der Waals surface area contributed by atoms with E-state index in [1.54, 1.807) is 24.3 Å². The number of halogens is 1. The fraction of sp³-hybridized carbons (Fsp3) is 0.308. The minimum absolute atomic E-state index is 0.0537. The van der Waals surface area contributed by atoms with E-state index in [0.717, 1.165) is 5.56 Å². The van der Waals surface area contributed by atoms with Gasteiger partial charge in [0.05, 0.1) is 36.4 Å². The maximum Gasteiger partial charge on any atom is 0.265 e. The number of nitrogens with one attached hydrogen (secondary N) is 1. The van der Waals surface area contributed by atoms with Crippen LogP contribution in [-0.4, -0.2) is 54.6 Å². The van der Waals surface area contributed by atoms with Crippen molar-refractivity contribution in [1.29, 1.82) is 5.26 Å². The molecule has 0 unspecified atom stereocenters. The van der Waals surface area contributed by atoms with Crippen LogP contribution in [-0.2, 0) is 24.9 Å². The predicted molar refractivity (Wildman–Crippen MR) is 133 cm³/mol. The van der Waals surface area contributed by atoms with Crippen LogP contribution in [0.1, 0.15) is 34.2 Å². The molecule has 10 nitrogen and oxygen atoms in total. The van der Waals surface area contributed by atoms with Gasteiger partial charge >= 0.3 is 0 Å². The lowest BCUT2D eigenvalue weighted by molar-refractivity contribution is -0.144. The van der Waals surface area contributed by atoms with Gasteiger partial charge in [-0.2, -0.15) is 5.26 Å². The number of fused-ring (bicyclic) bond motifs is 3. The molecular formula is C26H24FN7O3. The van der Waals surface area contributed by atoms with Crippen molar-refractivity contribution in [2.45, 2.75) is 32.6 Å². The monoisotopic (exact) mass is 501 g/mol. The Labute approximate surface area is 211 Å². The predicted octanol–water partition coefficient (Wildman–Crippen LogP) is 1.96. The van der Waals surface area contributed by atoms with Crippen molar-refractivity contribution in [3.8, 4) is 6.07 Å². The molecule has 1 aliphatic rings. The van der Waals surface area contributed by atoms with Gasteiger partial charge in [0, 0.05) is 19.0 Å². The topological polar surface area (TPSA) is 126 Å². The normalized spacial score (nSPS) is 14.4. The average molecular weight is 502 g/mol. The molecule has 3 aromatic heterocycles. The number of likely N-dealkylation sites (tertiary alicyclic amines) is 1. The Morgan fingerprint density at radius 3 is 2.59 bits per heavy atom. The lowest BCUT2D eigenvalue weighted by Gasteiger charge is -2.42. The third-order valence-corrected chi connectivity index (χ3v) is 6.64. The van der Waals surface area contributed by atoms with E-state index >= 15 is 0 Å². The van der Waals surface area contributed by atoms with Crippen LogP contribution in [0.25, 0.3) is 22.1 Å².